The van der Waals surface area contributed by atoms with Crippen LogP contribution in [0.4, 0.5) is 20.2 Å². The first-order valence-electron chi connectivity index (χ1n) is 11.5. The third-order valence-corrected chi connectivity index (χ3v) is 6.33. The van der Waals surface area contributed by atoms with E-state index in [9.17, 15) is 28.6 Å². The van der Waals surface area contributed by atoms with E-state index >= 15 is 0 Å². The summed E-state index contributed by atoms with van der Waals surface area (Å²) >= 11 is 0. The maximum absolute atomic E-state index is 13.7. The van der Waals surface area contributed by atoms with Gasteiger partial charge in [-0.15, -0.1) is 0 Å². The van der Waals surface area contributed by atoms with Gasteiger partial charge in [0.1, 0.15) is 11.6 Å². The van der Waals surface area contributed by atoms with Gasteiger partial charge in [-0.3, -0.25) is 9.59 Å². The van der Waals surface area contributed by atoms with Crippen molar-refractivity contribution in [1.82, 2.24) is 0 Å². The lowest BCUT2D eigenvalue weighted by Crippen LogP contribution is -2.32. The van der Waals surface area contributed by atoms with Gasteiger partial charge >= 0.3 is 5.97 Å². The first kappa shape index (κ1) is 24.3. The Kier molecular flexibility index (Phi) is 7.41. The number of rotatable bonds is 8. The van der Waals surface area contributed by atoms with Crippen molar-refractivity contribution >= 4 is 23.1 Å². The normalized spacial score (nSPS) is 18.5. The van der Waals surface area contributed by atoms with Crippen LogP contribution in [0.15, 0.2) is 66.7 Å². The predicted molar refractivity (Wildman–Crippen MR) is 129 cm³/mol. The molecule has 35 heavy (non-hydrogen) atoms. The van der Waals surface area contributed by atoms with E-state index in [1.165, 1.54) is 6.07 Å². The van der Waals surface area contributed by atoms with Crippen molar-refractivity contribution in [1.29, 1.82) is 0 Å². The van der Waals surface area contributed by atoms with E-state index in [-0.39, 0.29) is 11.5 Å². The number of carbonyl (C=O) groups excluding carboxylic acids is 1. The monoisotopic (exact) mass is 480 g/mol. The zero-order valence-electron chi connectivity index (χ0n) is 18.9. The Hall–Kier alpha value is -3.78. The Bertz CT molecular complexity index is 1200. The SMILES string of the molecule is O=C(O)[C@@H]1CCCC[C@H]1C(=O)c1ccc(-c2ccc(NC(O)Nc3ccc(F)cc3F)cc2)cc1. The summed E-state index contributed by atoms with van der Waals surface area (Å²) < 4.78 is 26.8. The van der Waals surface area contributed by atoms with Crippen LogP contribution >= 0.6 is 0 Å². The van der Waals surface area contributed by atoms with Gasteiger partial charge in [0.25, 0.3) is 0 Å². The number of anilines is 2. The van der Waals surface area contributed by atoms with Gasteiger partial charge in [-0.25, -0.2) is 8.78 Å². The number of carboxylic acids is 1. The summed E-state index contributed by atoms with van der Waals surface area (Å²) in [5.74, 6) is -3.66. The molecule has 0 aliphatic heterocycles. The van der Waals surface area contributed by atoms with Crippen LogP contribution in [0, 0.1) is 23.5 Å². The summed E-state index contributed by atoms with van der Waals surface area (Å²) in [6, 6.07) is 17.2. The summed E-state index contributed by atoms with van der Waals surface area (Å²) in [6.45, 7) is 0. The van der Waals surface area contributed by atoms with Crippen molar-refractivity contribution in [2.24, 2.45) is 11.8 Å². The molecule has 1 aliphatic rings. The highest BCUT2D eigenvalue weighted by atomic mass is 19.1. The molecule has 0 heterocycles. The number of Topliss-reactive ketones (excluding diaryl/α,β-unsaturated/α-hetero) is 1. The largest absolute Gasteiger partial charge is 0.481 e. The third-order valence-electron chi connectivity index (χ3n) is 6.33. The van der Waals surface area contributed by atoms with Crippen LogP contribution in [-0.2, 0) is 4.79 Å². The molecule has 6 nitrogen and oxygen atoms in total. The fourth-order valence-electron chi connectivity index (χ4n) is 4.49. The Morgan fingerprint density at radius 3 is 2.03 bits per heavy atom. The molecule has 3 atom stereocenters. The molecule has 1 saturated carbocycles. The quantitative estimate of drug-likeness (QED) is 0.251. The second-order valence-corrected chi connectivity index (χ2v) is 8.67. The lowest BCUT2D eigenvalue weighted by molar-refractivity contribution is -0.144. The van der Waals surface area contributed by atoms with Crippen LogP contribution in [0.25, 0.3) is 11.1 Å². The number of carbonyl (C=O) groups is 2. The van der Waals surface area contributed by atoms with Crippen LogP contribution in [0.5, 0.6) is 0 Å². The highest BCUT2D eigenvalue weighted by molar-refractivity contribution is 6.00. The minimum atomic E-state index is -1.31. The molecule has 4 N–H and O–H groups in total. The van der Waals surface area contributed by atoms with Crippen molar-refractivity contribution in [2.75, 3.05) is 10.6 Å². The second-order valence-electron chi connectivity index (χ2n) is 8.67. The van der Waals surface area contributed by atoms with Gasteiger partial charge in [-0.1, -0.05) is 49.2 Å². The molecule has 3 aromatic carbocycles. The van der Waals surface area contributed by atoms with E-state index < -0.39 is 35.8 Å². The fourth-order valence-corrected chi connectivity index (χ4v) is 4.49. The van der Waals surface area contributed by atoms with Crippen molar-refractivity contribution < 1.29 is 28.6 Å². The number of halogens is 2. The molecule has 0 aromatic heterocycles. The number of aliphatic hydroxyl groups excluding tert-OH is 1. The topological polar surface area (TPSA) is 98.7 Å². The number of hydrogen-bond donors (Lipinski definition) is 4. The minimum absolute atomic E-state index is 0.0411. The Morgan fingerprint density at radius 2 is 1.43 bits per heavy atom. The zero-order valence-corrected chi connectivity index (χ0v) is 18.9. The van der Waals surface area contributed by atoms with Crippen molar-refractivity contribution in [2.45, 2.75) is 32.0 Å². The lowest BCUT2D eigenvalue weighted by Gasteiger charge is -2.27. The average molecular weight is 481 g/mol. The molecule has 8 heteroatoms. The first-order valence-corrected chi connectivity index (χ1v) is 11.5. The summed E-state index contributed by atoms with van der Waals surface area (Å²) in [5.41, 5.74) is 2.79. The van der Waals surface area contributed by atoms with E-state index in [1.54, 1.807) is 24.3 Å². The number of aliphatic carboxylic acids is 1. The highest BCUT2D eigenvalue weighted by Gasteiger charge is 2.35. The van der Waals surface area contributed by atoms with E-state index in [0.717, 1.165) is 36.1 Å². The zero-order chi connectivity index (χ0) is 24.9. The number of hydrogen-bond acceptors (Lipinski definition) is 5. The molecule has 1 aliphatic carbocycles. The van der Waals surface area contributed by atoms with Gasteiger partial charge in [-0.05, 0) is 48.2 Å². The van der Waals surface area contributed by atoms with Gasteiger partial charge in [0, 0.05) is 23.2 Å². The third kappa shape index (κ3) is 5.84. The molecule has 0 amide bonds. The van der Waals surface area contributed by atoms with Crippen LogP contribution < -0.4 is 10.6 Å². The standard InChI is InChI=1S/C27H26F2N2O4/c28-19-11-14-24(23(29)15-19)31-27(35)30-20-12-9-17(10-13-20)16-5-7-18(8-6-16)25(32)21-3-1-2-4-22(21)26(33)34/h5-15,21-22,27,30-31,35H,1-4H2,(H,33,34)/t21-,22-,27?/m1/s1. The van der Waals surface area contributed by atoms with Crippen molar-refractivity contribution in [3.63, 3.8) is 0 Å². The Morgan fingerprint density at radius 1 is 0.829 bits per heavy atom. The Balaban J connectivity index is 1.39. The summed E-state index contributed by atoms with van der Waals surface area (Å²) in [4.78, 5) is 24.5. The van der Waals surface area contributed by atoms with Gasteiger partial charge in [0.2, 0.25) is 6.35 Å². The van der Waals surface area contributed by atoms with E-state index in [4.69, 9.17) is 0 Å². The molecule has 3 aromatic rings. The molecule has 0 bridgehead atoms. The molecular weight excluding hydrogens is 454 g/mol. The van der Waals surface area contributed by atoms with Gasteiger partial charge in [-0.2, -0.15) is 0 Å². The van der Waals surface area contributed by atoms with Crippen molar-refractivity contribution in [3.05, 3.63) is 83.9 Å². The maximum Gasteiger partial charge on any atom is 0.307 e. The first-order chi connectivity index (χ1) is 16.8. The number of nitrogens with one attached hydrogen (secondary N) is 2. The number of ketones is 1. The minimum Gasteiger partial charge on any atom is -0.481 e. The maximum atomic E-state index is 13.7. The molecule has 0 radical (unpaired) electrons. The average Bonchev–Trinajstić information content (AvgIpc) is 2.86. The highest BCUT2D eigenvalue weighted by Crippen LogP contribution is 2.33. The molecular formula is C27H26F2N2O4. The number of benzene rings is 3. The summed E-state index contributed by atoms with van der Waals surface area (Å²) in [7, 11) is 0. The second kappa shape index (κ2) is 10.7. The number of carboxylic acid groups (broad SMARTS) is 1. The Labute approximate surface area is 201 Å². The lowest BCUT2D eigenvalue weighted by atomic mass is 9.75. The van der Waals surface area contributed by atoms with Gasteiger partial charge in [0.15, 0.2) is 5.78 Å². The smallest absolute Gasteiger partial charge is 0.307 e. The van der Waals surface area contributed by atoms with Gasteiger partial charge in [0.05, 0.1) is 11.6 Å². The summed E-state index contributed by atoms with van der Waals surface area (Å²) in [5, 5.41) is 24.9. The van der Waals surface area contributed by atoms with Crippen LogP contribution in [0.3, 0.4) is 0 Å². The van der Waals surface area contributed by atoms with Gasteiger partial charge < -0.3 is 20.8 Å². The van der Waals surface area contributed by atoms with Crippen LogP contribution in [-0.4, -0.2) is 28.3 Å². The van der Waals surface area contributed by atoms with E-state index in [1.807, 2.05) is 24.3 Å². The predicted octanol–water partition coefficient (Wildman–Crippen LogP) is 5.51. The summed E-state index contributed by atoms with van der Waals surface area (Å²) in [6.07, 6.45) is 1.52. The van der Waals surface area contributed by atoms with E-state index in [2.05, 4.69) is 10.6 Å². The molecule has 1 unspecified atom stereocenters. The molecule has 1 fully saturated rings. The fraction of sp³-hybridized carbons (Fsp3) is 0.259. The van der Waals surface area contributed by atoms with Crippen LogP contribution in [0.2, 0.25) is 0 Å². The molecule has 0 spiro atoms. The molecule has 0 saturated heterocycles. The molecule has 4 rings (SSSR count). The van der Waals surface area contributed by atoms with Crippen LogP contribution in [0.1, 0.15) is 36.0 Å². The van der Waals surface area contributed by atoms with Crippen molar-refractivity contribution in [3.8, 4) is 11.1 Å². The van der Waals surface area contributed by atoms with E-state index in [0.29, 0.717) is 24.1 Å². The number of aliphatic hydroxyl groups is 1. The molecule has 182 valence electrons.